The van der Waals surface area contributed by atoms with Crippen LogP contribution in [0.3, 0.4) is 0 Å². The van der Waals surface area contributed by atoms with Crippen molar-refractivity contribution >= 4 is 11.6 Å². The molecule has 56 valence electrons. The van der Waals surface area contributed by atoms with E-state index < -0.39 is 11.3 Å². The first-order valence-corrected chi connectivity index (χ1v) is 3.09. The second-order valence-corrected chi connectivity index (χ2v) is 2.58. The van der Waals surface area contributed by atoms with Gasteiger partial charge in [0, 0.05) is 0 Å². The van der Waals surface area contributed by atoms with Crippen molar-refractivity contribution in [2.24, 2.45) is 5.73 Å². The van der Waals surface area contributed by atoms with E-state index in [0.29, 0.717) is 0 Å². The highest BCUT2D eigenvalue weighted by atomic mass is 35.5. The van der Waals surface area contributed by atoms with Crippen molar-refractivity contribution in [3.8, 4) is 0 Å². The lowest BCUT2D eigenvalue weighted by Crippen LogP contribution is -2.35. The van der Waals surface area contributed by atoms with Crippen LogP contribution in [0.2, 0.25) is 0 Å². The number of nitrogens with two attached hydrogens (primary N) is 1. The predicted molar refractivity (Wildman–Crippen MR) is 36.0 cm³/mol. The molecule has 4 heteroatoms. The van der Waals surface area contributed by atoms with E-state index in [4.69, 9.17) is 17.3 Å². The van der Waals surface area contributed by atoms with Crippen LogP contribution < -0.4 is 5.73 Å². The Bertz CT molecular complexity index is 198. The fourth-order valence-corrected chi connectivity index (χ4v) is 0.784. The summed E-state index contributed by atoms with van der Waals surface area (Å²) in [7, 11) is 0. The van der Waals surface area contributed by atoms with Gasteiger partial charge < -0.3 is 5.73 Å². The van der Waals surface area contributed by atoms with Crippen LogP contribution in [0.5, 0.6) is 0 Å². The summed E-state index contributed by atoms with van der Waals surface area (Å²) in [5.74, 6) is 0. The number of rotatable bonds is 0. The van der Waals surface area contributed by atoms with E-state index in [9.17, 15) is 8.78 Å². The third kappa shape index (κ3) is 1.01. The van der Waals surface area contributed by atoms with Crippen molar-refractivity contribution in [2.75, 3.05) is 0 Å². The first-order valence-electron chi connectivity index (χ1n) is 2.71. The summed E-state index contributed by atoms with van der Waals surface area (Å²) in [5.41, 5.74) is 4.78. The van der Waals surface area contributed by atoms with Gasteiger partial charge in [-0.2, -0.15) is 0 Å². The summed E-state index contributed by atoms with van der Waals surface area (Å²) < 4.78 is 25.3. The standard InChI is InChI=1S/C6H6ClF2N/c7-6(9)4(8)2-1-3-5(6)10/h1-4H,10H2. The van der Waals surface area contributed by atoms with Crippen LogP contribution in [0, 0.1) is 0 Å². The van der Waals surface area contributed by atoms with Gasteiger partial charge in [0.05, 0.1) is 5.70 Å². The van der Waals surface area contributed by atoms with Gasteiger partial charge in [0.2, 0.25) is 0 Å². The third-order valence-corrected chi connectivity index (χ3v) is 1.71. The molecule has 2 unspecified atom stereocenters. The van der Waals surface area contributed by atoms with Crippen LogP contribution in [0.4, 0.5) is 8.78 Å². The molecule has 0 heterocycles. The highest BCUT2D eigenvalue weighted by Crippen LogP contribution is 2.33. The zero-order valence-corrected chi connectivity index (χ0v) is 5.78. The molecule has 0 spiro atoms. The minimum atomic E-state index is -2.55. The molecule has 2 N–H and O–H groups in total. The summed E-state index contributed by atoms with van der Waals surface area (Å²) in [4.78, 5) is 0. The first-order chi connectivity index (χ1) is 4.55. The van der Waals surface area contributed by atoms with Gasteiger partial charge in [0.1, 0.15) is 0 Å². The molecule has 1 nitrogen and oxygen atoms in total. The molecule has 0 aromatic carbocycles. The average Bonchev–Trinajstić information content (AvgIpc) is 1.84. The van der Waals surface area contributed by atoms with Crippen molar-refractivity contribution in [1.29, 1.82) is 0 Å². The van der Waals surface area contributed by atoms with E-state index in [0.717, 1.165) is 6.08 Å². The maximum Gasteiger partial charge on any atom is 0.257 e. The number of alkyl halides is 3. The Labute approximate surface area is 62.2 Å². The van der Waals surface area contributed by atoms with Gasteiger partial charge in [-0.05, 0) is 12.2 Å². The molecule has 0 aromatic rings. The average molecular weight is 166 g/mol. The van der Waals surface area contributed by atoms with Gasteiger partial charge >= 0.3 is 0 Å². The molecule has 1 aliphatic carbocycles. The molecule has 1 aliphatic rings. The van der Waals surface area contributed by atoms with Crippen LogP contribution in [0.15, 0.2) is 23.9 Å². The van der Waals surface area contributed by atoms with E-state index in [-0.39, 0.29) is 5.70 Å². The highest BCUT2D eigenvalue weighted by Gasteiger charge is 2.40. The van der Waals surface area contributed by atoms with Gasteiger partial charge in [0.15, 0.2) is 6.17 Å². The molecule has 0 bridgehead atoms. The molecule has 0 amide bonds. The zero-order chi connectivity index (χ0) is 7.78. The Morgan fingerprint density at radius 3 is 2.70 bits per heavy atom. The number of halogens is 3. The summed E-state index contributed by atoms with van der Waals surface area (Å²) in [6, 6.07) is 0. The zero-order valence-electron chi connectivity index (χ0n) is 5.02. The molecule has 2 atom stereocenters. The van der Waals surface area contributed by atoms with Gasteiger partial charge in [0.25, 0.3) is 5.13 Å². The quantitative estimate of drug-likeness (QED) is 0.543. The molecular weight excluding hydrogens is 160 g/mol. The largest absolute Gasteiger partial charge is 0.398 e. The normalized spacial score (nSPS) is 39.5. The number of hydrogen-bond donors (Lipinski definition) is 1. The van der Waals surface area contributed by atoms with Crippen LogP contribution in [0.1, 0.15) is 0 Å². The second kappa shape index (κ2) is 2.23. The van der Waals surface area contributed by atoms with E-state index in [1.54, 1.807) is 0 Å². The topological polar surface area (TPSA) is 26.0 Å². The molecule has 0 radical (unpaired) electrons. The smallest absolute Gasteiger partial charge is 0.257 e. The Hall–Kier alpha value is -0.570. The molecule has 10 heavy (non-hydrogen) atoms. The van der Waals surface area contributed by atoms with Gasteiger partial charge in [-0.15, -0.1) is 0 Å². The van der Waals surface area contributed by atoms with Crippen molar-refractivity contribution in [2.45, 2.75) is 11.3 Å². The predicted octanol–water partition coefficient (Wildman–Crippen LogP) is 1.64. The van der Waals surface area contributed by atoms with Crippen LogP contribution in [0.25, 0.3) is 0 Å². The minimum absolute atomic E-state index is 0.288. The minimum Gasteiger partial charge on any atom is -0.398 e. The second-order valence-electron chi connectivity index (χ2n) is 2.03. The Kier molecular flexibility index (Phi) is 1.68. The first kappa shape index (κ1) is 7.54. The highest BCUT2D eigenvalue weighted by molar-refractivity contribution is 6.25. The maximum atomic E-state index is 12.8. The van der Waals surface area contributed by atoms with Gasteiger partial charge in [-0.1, -0.05) is 17.7 Å². The molecule has 0 aromatic heterocycles. The van der Waals surface area contributed by atoms with Gasteiger partial charge in [-0.3, -0.25) is 0 Å². The SMILES string of the molecule is NC1=CC=CC(F)C1(F)Cl. The van der Waals surface area contributed by atoms with Crippen molar-refractivity contribution in [3.05, 3.63) is 23.9 Å². The molecule has 0 saturated carbocycles. The molecular formula is C6H6ClF2N. The van der Waals surface area contributed by atoms with Crippen molar-refractivity contribution < 1.29 is 8.78 Å². The van der Waals surface area contributed by atoms with Gasteiger partial charge in [-0.25, -0.2) is 8.78 Å². The van der Waals surface area contributed by atoms with Crippen LogP contribution in [-0.4, -0.2) is 11.3 Å². The van der Waals surface area contributed by atoms with E-state index in [1.807, 2.05) is 0 Å². The van der Waals surface area contributed by atoms with E-state index >= 15 is 0 Å². The lowest BCUT2D eigenvalue weighted by Gasteiger charge is -2.22. The summed E-state index contributed by atoms with van der Waals surface area (Å²) in [5, 5.41) is -2.55. The van der Waals surface area contributed by atoms with E-state index in [2.05, 4.69) is 0 Å². The Balaban J connectivity index is 2.93. The van der Waals surface area contributed by atoms with Crippen molar-refractivity contribution in [3.63, 3.8) is 0 Å². The Morgan fingerprint density at radius 2 is 2.30 bits per heavy atom. The summed E-state index contributed by atoms with van der Waals surface area (Å²) in [6.45, 7) is 0. The molecule has 1 rings (SSSR count). The number of hydrogen-bond acceptors (Lipinski definition) is 1. The molecule has 0 aliphatic heterocycles. The van der Waals surface area contributed by atoms with Crippen LogP contribution >= 0.6 is 11.6 Å². The lowest BCUT2D eigenvalue weighted by molar-refractivity contribution is 0.193. The fraction of sp³-hybridized carbons (Fsp3) is 0.333. The van der Waals surface area contributed by atoms with Crippen molar-refractivity contribution in [1.82, 2.24) is 0 Å². The third-order valence-electron chi connectivity index (χ3n) is 1.29. The Morgan fingerprint density at radius 1 is 1.70 bits per heavy atom. The van der Waals surface area contributed by atoms with E-state index in [1.165, 1.54) is 12.2 Å². The number of allylic oxidation sites excluding steroid dienone is 4. The molecule has 0 fully saturated rings. The lowest BCUT2D eigenvalue weighted by atomic mass is 10.1. The maximum absolute atomic E-state index is 12.8. The fourth-order valence-electron chi connectivity index (χ4n) is 0.648. The monoisotopic (exact) mass is 165 g/mol. The van der Waals surface area contributed by atoms with Crippen LogP contribution in [-0.2, 0) is 0 Å². The summed E-state index contributed by atoms with van der Waals surface area (Å²) in [6.07, 6.45) is 1.74. The summed E-state index contributed by atoms with van der Waals surface area (Å²) >= 11 is 5.09. The molecule has 0 saturated heterocycles.